The van der Waals surface area contributed by atoms with Crippen molar-refractivity contribution in [3.05, 3.63) is 0 Å². The molecule has 2 unspecified atom stereocenters. The summed E-state index contributed by atoms with van der Waals surface area (Å²) in [7, 11) is -3.06. The normalized spacial score (nSPS) is 26.7. The van der Waals surface area contributed by atoms with E-state index in [-0.39, 0.29) is 0 Å². The summed E-state index contributed by atoms with van der Waals surface area (Å²) >= 11 is 0. The van der Waals surface area contributed by atoms with E-state index in [1.54, 1.807) is 25.1 Å². The SMILES string of the molecule is CCCCCC1CN1S(=O)(=O)C(C)(C)C. The fraction of sp³-hybridized carbons (Fsp3) is 1.00. The van der Waals surface area contributed by atoms with Gasteiger partial charge in [0.15, 0.2) is 0 Å². The molecule has 0 aromatic carbocycles. The number of rotatable bonds is 5. The summed E-state index contributed by atoms with van der Waals surface area (Å²) in [6.07, 6.45) is 4.58. The van der Waals surface area contributed by atoms with Crippen LogP contribution in [0, 0.1) is 0 Å². The lowest BCUT2D eigenvalue weighted by atomic mass is 10.2. The maximum atomic E-state index is 12.0. The quantitative estimate of drug-likeness (QED) is 0.540. The van der Waals surface area contributed by atoms with Crippen molar-refractivity contribution in [3.63, 3.8) is 0 Å². The summed E-state index contributed by atoms with van der Waals surface area (Å²) in [6.45, 7) is 8.21. The molecule has 1 rings (SSSR count). The smallest absolute Gasteiger partial charge is 0.212 e. The first-order chi connectivity index (χ1) is 6.80. The lowest BCUT2D eigenvalue weighted by Crippen LogP contribution is -2.34. The van der Waals surface area contributed by atoms with E-state index in [1.165, 1.54) is 12.8 Å². The molecule has 1 saturated heterocycles. The number of sulfonamides is 1. The van der Waals surface area contributed by atoms with Crippen molar-refractivity contribution in [2.24, 2.45) is 0 Å². The van der Waals surface area contributed by atoms with E-state index in [1.807, 2.05) is 0 Å². The average Bonchev–Trinajstić information content (AvgIpc) is 2.82. The van der Waals surface area contributed by atoms with Crippen LogP contribution in [-0.4, -0.2) is 30.1 Å². The van der Waals surface area contributed by atoms with Crippen LogP contribution < -0.4 is 0 Å². The van der Waals surface area contributed by atoms with Crippen LogP contribution in [-0.2, 0) is 10.0 Å². The number of hydrogen-bond donors (Lipinski definition) is 0. The maximum absolute atomic E-state index is 12.0. The van der Waals surface area contributed by atoms with Crippen molar-refractivity contribution >= 4 is 10.0 Å². The van der Waals surface area contributed by atoms with E-state index in [9.17, 15) is 8.42 Å². The molecule has 0 bridgehead atoms. The first-order valence-corrected chi connectivity index (χ1v) is 7.26. The van der Waals surface area contributed by atoms with Gasteiger partial charge in [0.2, 0.25) is 10.0 Å². The Kier molecular flexibility index (Phi) is 3.82. The van der Waals surface area contributed by atoms with Crippen molar-refractivity contribution in [1.29, 1.82) is 0 Å². The Labute approximate surface area is 93.9 Å². The van der Waals surface area contributed by atoms with Gasteiger partial charge in [0, 0.05) is 12.6 Å². The zero-order valence-electron chi connectivity index (χ0n) is 10.3. The molecule has 4 heteroatoms. The lowest BCUT2D eigenvalue weighted by Gasteiger charge is -2.20. The number of nitrogens with zero attached hydrogens (tertiary/aromatic N) is 1. The fourth-order valence-corrected chi connectivity index (χ4v) is 3.24. The third kappa shape index (κ3) is 2.94. The van der Waals surface area contributed by atoms with Crippen LogP contribution >= 0.6 is 0 Å². The van der Waals surface area contributed by atoms with Gasteiger partial charge in [-0.1, -0.05) is 26.2 Å². The Hall–Kier alpha value is -0.0900. The molecule has 0 amide bonds. The molecule has 0 aliphatic carbocycles. The molecule has 90 valence electrons. The predicted molar refractivity (Wildman–Crippen MR) is 63.3 cm³/mol. The summed E-state index contributed by atoms with van der Waals surface area (Å²) in [4.78, 5) is 0. The maximum Gasteiger partial charge on any atom is 0.219 e. The summed E-state index contributed by atoms with van der Waals surface area (Å²) in [5.74, 6) is 0. The molecule has 0 aromatic heterocycles. The minimum atomic E-state index is -3.06. The van der Waals surface area contributed by atoms with Crippen molar-refractivity contribution in [2.75, 3.05) is 6.54 Å². The van der Waals surface area contributed by atoms with E-state index in [0.717, 1.165) is 19.4 Å². The Bertz CT molecular complexity index is 303. The Morgan fingerprint density at radius 2 is 1.87 bits per heavy atom. The van der Waals surface area contributed by atoms with Crippen LogP contribution in [0.4, 0.5) is 0 Å². The van der Waals surface area contributed by atoms with Gasteiger partial charge in [0.25, 0.3) is 0 Å². The van der Waals surface area contributed by atoms with Gasteiger partial charge >= 0.3 is 0 Å². The first-order valence-electron chi connectivity index (χ1n) is 5.82. The van der Waals surface area contributed by atoms with Crippen LogP contribution in [0.5, 0.6) is 0 Å². The van der Waals surface area contributed by atoms with Gasteiger partial charge in [0.1, 0.15) is 0 Å². The molecule has 15 heavy (non-hydrogen) atoms. The highest BCUT2D eigenvalue weighted by Gasteiger charge is 2.48. The third-order valence-corrected chi connectivity index (χ3v) is 5.50. The topological polar surface area (TPSA) is 37.1 Å². The van der Waals surface area contributed by atoms with Gasteiger partial charge in [-0.15, -0.1) is 0 Å². The zero-order valence-corrected chi connectivity index (χ0v) is 11.1. The monoisotopic (exact) mass is 233 g/mol. The molecule has 1 heterocycles. The molecule has 1 fully saturated rings. The highest BCUT2D eigenvalue weighted by molar-refractivity contribution is 7.90. The first kappa shape index (κ1) is 13.0. The van der Waals surface area contributed by atoms with Gasteiger partial charge in [-0.3, -0.25) is 0 Å². The molecule has 0 radical (unpaired) electrons. The Morgan fingerprint density at radius 3 is 2.33 bits per heavy atom. The van der Waals surface area contributed by atoms with E-state index in [2.05, 4.69) is 6.92 Å². The standard InChI is InChI=1S/C11H23NO2S/c1-5-6-7-8-10-9-12(10)15(13,14)11(2,3)4/h10H,5-9H2,1-4H3. The van der Waals surface area contributed by atoms with Crippen molar-refractivity contribution in [1.82, 2.24) is 4.31 Å². The highest BCUT2D eigenvalue weighted by atomic mass is 32.2. The molecule has 0 N–H and O–H groups in total. The van der Waals surface area contributed by atoms with Gasteiger partial charge in [-0.2, -0.15) is 4.31 Å². The van der Waals surface area contributed by atoms with Crippen molar-refractivity contribution in [2.45, 2.75) is 64.2 Å². The van der Waals surface area contributed by atoms with Crippen LogP contribution in [0.25, 0.3) is 0 Å². The largest absolute Gasteiger partial charge is 0.219 e. The molecule has 2 atom stereocenters. The van der Waals surface area contributed by atoms with Gasteiger partial charge < -0.3 is 0 Å². The minimum absolute atomic E-state index is 0.292. The molecule has 1 aliphatic heterocycles. The third-order valence-electron chi connectivity index (χ3n) is 2.89. The van der Waals surface area contributed by atoms with Crippen LogP contribution in [0.1, 0.15) is 53.4 Å². The van der Waals surface area contributed by atoms with Crippen molar-refractivity contribution < 1.29 is 8.42 Å². The lowest BCUT2D eigenvalue weighted by molar-refractivity contribution is 0.507. The van der Waals surface area contributed by atoms with Crippen LogP contribution in [0.15, 0.2) is 0 Å². The predicted octanol–water partition coefficient (Wildman–Crippen LogP) is 2.38. The second-order valence-electron chi connectivity index (χ2n) is 5.34. The molecule has 0 saturated carbocycles. The Balaban J connectivity index is 2.44. The van der Waals surface area contributed by atoms with Crippen LogP contribution in [0.2, 0.25) is 0 Å². The van der Waals surface area contributed by atoms with E-state index in [4.69, 9.17) is 0 Å². The second-order valence-corrected chi connectivity index (χ2v) is 7.98. The summed E-state index contributed by atoms with van der Waals surface area (Å²) in [6, 6.07) is 0.292. The van der Waals surface area contributed by atoms with E-state index in [0.29, 0.717) is 6.04 Å². The van der Waals surface area contributed by atoms with Gasteiger partial charge in [-0.25, -0.2) is 8.42 Å². The minimum Gasteiger partial charge on any atom is -0.212 e. The number of unbranched alkanes of at least 4 members (excludes halogenated alkanes) is 2. The zero-order chi connectivity index (χ0) is 11.7. The summed E-state index contributed by atoms with van der Waals surface area (Å²) in [5.41, 5.74) is 0. The van der Waals surface area contributed by atoms with E-state index >= 15 is 0 Å². The molecule has 0 spiro atoms. The molecular weight excluding hydrogens is 210 g/mol. The fourth-order valence-electron chi connectivity index (χ4n) is 1.67. The summed E-state index contributed by atoms with van der Waals surface area (Å²) in [5, 5.41) is 0. The second kappa shape index (κ2) is 4.42. The van der Waals surface area contributed by atoms with Gasteiger partial charge in [0.05, 0.1) is 4.75 Å². The molecular formula is C11H23NO2S. The molecule has 1 aliphatic rings. The summed E-state index contributed by atoms with van der Waals surface area (Å²) < 4.78 is 25.0. The molecule has 0 aromatic rings. The Morgan fingerprint density at radius 1 is 1.27 bits per heavy atom. The number of hydrogen-bond acceptors (Lipinski definition) is 2. The highest BCUT2D eigenvalue weighted by Crippen LogP contribution is 2.33. The van der Waals surface area contributed by atoms with E-state index < -0.39 is 14.8 Å². The van der Waals surface area contributed by atoms with Crippen molar-refractivity contribution in [3.8, 4) is 0 Å². The van der Waals surface area contributed by atoms with Crippen LogP contribution in [0.3, 0.4) is 0 Å². The molecule has 3 nitrogen and oxygen atoms in total. The average molecular weight is 233 g/mol. The van der Waals surface area contributed by atoms with Gasteiger partial charge in [-0.05, 0) is 27.2 Å².